The van der Waals surface area contributed by atoms with E-state index in [1.54, 1.807) is 13.8 Å². The van der Waals surface area contributed by atoms with E-state index in [9.17, 15) is 22.4 Å². The van der Waals surface area contributed by atoms with Crippen LogP contribution in [0.2, 0.25) is 0 Å². The summed E-state index contributed by atoms with van der Waals surface area (Å²) in [5.74, 6) is -0.765. The van der Waals surface area contributed by atoms with Crippen molar-refractivity contribution >= 4 is 39.5 Å². The van der Waals surface area contributed by atoms with E-state index in [1.165, 1.54) is 49.6 Å². The van der Waals surface area contributed by atoms with Crippen molar-refractivity contribution in [1.29, 1.82) is 0 Å². The standard InChI is InChI=1S/C19H22FN3O5S2/c1-12-9-15(7-8-17(12)20)22-18(24)14-5-4-6-16(10-14)30(26,27)23-13(2)29-11-21-19(25)28-3/h4-10,13,23H,11H2,1-3H3,(H,21,25)(H,22,24)/t13-/m0/s1. The maximum atomic E-state index is 13.4. The van der Waals surface area contributed by atoms with Crippen LogP contribution in [0.3, 0.4) is 0 Å². The van der Waals surface area contributed by atoms with Crippen molar-refractivity contribution in [2.24, 2.45) is 0 Å². The Balaban J connectivity index is 2.06. The minimum absolute atomic E-state index is 0.0844. The minimum atomic E-state index is -3.90. The van der Waals surface area contributed by atoms with E-state index < -0.39 is 27.4 Å². The number of halogens is 1. The molecule has 0 spiro atoms. The van der Waals surface area contributed by atoms with Crippen molar-refractivity contribution in [2.75, 3.05) is 18.3 Å². The highest BCUT2D eigenvalue weighted by atomic mass is 32.2. The van der Waals surface area contributed by atoms with E-state index in [-0.39, 0.29) is 22.2 Å². The Kier molecular flexibility index (Phi) is 8.21. The first kappa shape index (κ1) is 23.6. The zero-order chi connectivity index (χ0) is 22.3. The molecule has 30 heavy (non-hydrogen) atoms. The lowest BCUT2D eigenvalue weighted by atomic mass is 10.2. The van der Waals surface area contributed by atoms with Gasteiger partial charge in [0.2, 0.25) is 10.0 Å². The number of ether oxygens (including phenoxy) is 1. The highest BCUT2D eigenvalue weighted by molar-refractivity contribution is 8.00. The van der Waals surface area contributed by atoms with Gasteiger partial charge in [-0.15, -0.1) is 11.8 Å². The van der Waals surface area contributed by atoms with Crippen LogP contribution >= 0.6 is 11.8 Å². The topological polar surface area (TPSA) is 114 Å². The van der Waals surface area contributed by atoms with E-state index in [2.05, 4.69) is 20.1 Å². The molecule has 0 aliphatic heterocycles. The van der Waals surface area contributed by atoms with Gasteiger partial charge in [0, 0.05) is 11.3 Å². The fourth-order valence-corrected chi connectivity index (χ4v) is 4.56. The number of amides is 2. The van der Waals surface area contributed by atoms with Crippen LogP contribution in [0.1, 0.15) is 22.8 Å². The molecular formula is C19H22FN3O5S2. The average molecular weight is 456 g/mol. The molecule has 11 heteroatoms. The zero-order valence-electron chi connectivity index (χ0n) is 16.6. The number of benzene rings is 2. The molecular weight excluding hydrogens is 433 g/mol. The van der Waals surface area contributed by atoms with Crippen LogP contribution in [0.15, 0.2) is 47.4 Å². The van der Waals surface area contributed by atoms with Gasteiger partial charge < -0.3 is 15.4 Å². The van der Waals surface area contributed by atoms with Gasteiger partial charge in [-0.3, -0.25) is 4.79 Å². The van der Waals surface area contributed by atoms with E-state index >= 15 is 0 Å². The molecule has 2 aromatic rings. The monoisotopic (exact) mass is 455 g/mol. The highest BCUT2D eigenvalue weighted by Gasteiger charge is 2.19. The van der Waals surface area contributed by atoms with Crippen molar-refractivity contribution in [2.45, 2.75) is 24.1 Å². The molecule has 0 radical (unpaired) electrons. The molecule has 0 heterocycles. The molecule has 0 aliphatic carbocycles. The van der Waals surface area contributed by atoms with Crippen molar-refractivity contribution in [1.82, 2.24) is 10.0 Å². The SMILES string of the molecule is COC(=O)NCS[C@@H](C)NS(=O)(=O)c1cccc(C(=O)Nc2ccc(F)c(C)c2)c1. The van der Waals surface area contributed by atoms with E-state index in [0.29, 0.717) is 11.3 Å². The fourth-order valence-electron chi connectivity index (χ4n) is 2.35. The molecule has 2 rings (SSSR count). The lowest BCUT2D eigenvalue weighted by molar-refractivity contribution is 0.102. The van der Waals surface area contributed by atoms with Crippen molar-refractivity contribution in [3.8, 4) is 0 Å². The minimum Gasteiger partial charge on any atom is -0.453 e. The van der Waals surface area contributed by atoms with Crippen molar-refractivity contribution in [3.63, 3.8) is 0 Å². The summed E-state index contributed by atoms with van der Waals surface area (Å²) in [6, 6.07) is 9.69. The van der Waals surface area contributed by atoms with Crippen molar-refractivity contribution in [3.05, 3.63) is 59.4 Å². The number of rotatable bonds is 8. The molecule has 0 aromatic heterocycles. The maximum absolute atomic E-state index is 13.4. The zero-order valence-corrected chi connectivity index (χ0v) is 18.2. The predicted octanol–water partition coefficient (Wildman–Crippen LogP) is 3.06. The van der Waals surface area contributed by atoms with Gasteiger partial charge >= 0.3 is 6.09 Å². The van der Waals surface area contributed by atoms with E-state index in [1.807, 2.05) is 0 Å². The Hall–Kier alpha value is -2.63. The molecule has 2 amide bonds. The van der Waals surface area contributed by atoms with Crippen LogP contribution in [-0.4, -0.2) is 38.8 Å². The Morgan fingerprint density at radius 2 is 1.93 bits per heavy atom. The van der Waals surface area contributed by atoms with Gasteiger partial charge in [-0.2, -0.15) is 4.72 Å². The lowest BCUT2D eigenvalue weighted by Gasteiger charge is -2.14. The number of methoxy groups -OCH3 is 1. The fraction of sp³-hybridized carbons (Fsp3) is 0.263. The number of hydrogen-bond donors (Lipinski definition) is 3. The molecule has 0 saturated carbocycles. The second-order valence-electron chi connectivity index (χ2n) is 6.19. The largest absolute Gasteiger partial charge is 0.453 e. The highest BCUT2D eigenvalue weighted by Crippen LogP contribution is 2.18. The Morgan fingerprint density at radius 1 is 1.20 bits per heavy atom. The summed E-state index contributed by atoms with van der Waals surface area (Å²) in [7, 11) is -2.67. The molecule has 0 saturated heterocycles. The number of sulfonamides is 1. The van der Waals surface area contributed by atoms with Crippen molar-refractivity contribution < 1.29 is 27.1 Å². The van der Waals surface area contributed by atoms with E-state index in [0.717, 1.165) is 11.8 Å². The quantitative estimate of drug-likeness (QED) is 0.527. The second kappa shape index (κ2) is 10.4. The smallest absolute Gasteiger partial charge is 0.407 e. The molecule has 0 bridgehead atoms. The Labute approximate surface area is 178 Å². The summed E-state index contributed by atoms with van der Waals surface area (Å²) < 4.78 is 45.5. The third-order valence-corrected chi connectivity index (χ3v) is 6.50. The molecule has 8 nitrogen and oxygen atoms in total. The number of nitrogens with one attached hydrogen (secondary N) is 3. The molecule has 0 unspecified atom stereocenters. The number of carbonyl (C=O) groups is 2. The van der Waals surface area contributed by atoms with Gasteiger partial charge in [-0.1, -0.05) is 6.07 Å². The summed E-state index contributed by atoms with van der Waals surface area (Å²) in [5, 5.41) is 4.50. The van der Waals surface area contributed by atoms with Gasteiger partial charge in [-0.25, -0.2) is 17.6 Å². The first-order valence-electron chi connectivity index (χ1n) is 8.75. The molecule has 0 aliphatic rings. The van der Waals surface area contributed by atoms with Crippen LogP contribution < -0.4 is 15.4 Å². The van der Waals surface area contributed by atoms with Crippen LogP contribution in [-0.2, 0) is 14.8 Å². The number of carbonyl (C=O) groups excluding carboxylic acids is 2. The normalized spacial score (nSPS) is 12.1. The number of alkyl carbamates (subject to hydrolysis) is 1. The molecule has 0 fully saturated rings. The molecule has 3 N–H and O–H groups in total. The number of hydrogen-bond acceptors (Lipinski definition) is 6. The van der Waals surface area contributed by atoms with Crippen LogP contribution in [0, 0.1) is 12.7 Å². The van der Waals surface area contributed by atoms with Crippen LogP contribution in [0.4, 0.5) is 14.9 Å². The first-order valence-corrected chi connectivity index (χ1v) is 11.3. The summed E-state index contributed by atoms with van der Waals surface area (Å²) >= 11 is 1.14. The summed E-state index contributed by atoms with van der Waals surface area (Å²) in [4.78, 5) is 23.4. The van der Waals surface area contributed by atoms with Gasteiger partial charge in [0.05, 0.1) is 23.3 Å². The van der Waals surface area contributed by atoms with Crippen LogP contribution in [0.5, 0.6) is 0 Å². The lowest BCUT2D eigenvalue weighted by Crippen LogP contribution is -2.33. The average Bonchev–Trinajstić information content (AvgIpc) is 2.70. The third kappa shape index (κ3) is 6.71. The third-order valence-electron chi connectivity index (χ3n) is 3.88. The van der Waals surface area contributed by atoms with Gasteiger partial charge in [0.1, 0.15) is 5.82 Å². The summed E-state index contributed by atoms with van der Waals surface area (Å²) in [6.07, 6.45) is -0.618. The Bertz CT molecular complexity index is 1030. The second-order valence-corrected chi connectivity index (χ2v) is 9.23. The number of thioether (sulfide) groups is 1. The maximum Gasteiger partial charge on any atom is 0.407 e. The summed E-state index contributed by atoms with van der Waals surface area (Å²) in [6.45, 7) is 3.19. The molecule has 162 valence electrons. The number of anilines is 1. The first-order chi connectivity index (χ1) is 14.1. The number of aryl methyl sites for hydroxylation is 1. The summed E-state index contributed by atoms with van der Waals surface area (Å²) in [5.41, 5.74) is 0.905. The molecule has 1 atom stereocenters. The van der Waals surface area contributed by atoms with Gasteiger partial charge in [-0.05, 0) is 55.8 Å². The predicted molar refractivity (Wildman–Crippen MR) is 113 cm³/mol. The molecule has 2 aromatic carbocycles. The van der Waals surface area contributed by atoms with Gasteiger partial charge in [0.15, 0.2) is 0 Å². The van der Waals surface area contributed by atoms with E-state index in [4.69, 9.17) is 0 Å². The Morgan fingerprint density at radius 3 is 2.60 bits per heavy atom. The van der Waals surface area contributed by atoms with Gasteiger partial charge in [0.25, 0.3) is 5.91 Å². The van der Waals surface area contributed by atoms with Crippen LogP contribution in [0.25, 0.3) is 0 Å².